The highest BCUT2D eigenvalue weighted by atomic mass is 79.9. The maximum Gasteiger partial charge on any atom is 0.250 e. The van der Waals surface area contributed by atoms with Crippen LogP contribution in [0.15, 0.2) is 80.8 Å². The van der Waals surface area contributed by atoms with Gasteiger partial charge >= 0.3 is 0 Å². The summed E-state index contributed by atoms with van der Waals surface area (Å²) < 4.78 is 29.6. The molecule has 1 aliphatic rings. The summed E-state index contributed by atoms with van der Waals surface area (Å²) in [5.41, 5.74) is 2.16. The minimum atomic E-state index is -3.81. The third-order valence-corrected chi connectivity index (χ3v) is 9.21. The Morgan fingerprint density at radius 3 is 2.09 bits per heavy atom. The third kappa shape index (κ3) is 6.51. The standard InChI is InChI=1S/C24H26BrN3O3S2/c25-22-11-12-23(32-22)33(30,31)26-21(17-19-7-3-1-4-8-19)24(29)28-15-13-27(14-16-28)18-20-9-5-2-6-10-20/h1-12,21,26H,13-18H2/t21-/m1/s1. The van der Waals surface area contributed by atoms with Crippen LogP contribution in [0.25, 0.3) is 0 Å². The largest absolute Gasteiger partial charge is 0.339 e. The van der Waals surface area contributed by atoms with E-state index in [1.165, 1.54) is 5.56 Å². The smallest absolute Gasteiger partial charge is 0.250 e. The number of thiophene rings is 1. The van der Waals surface area contributed by atoms with Crippen LogP contribution in [0.4, 0.5) is 0 Å². The molecule has 9 heteroatoms. The van der Waals surface area contributed by atoms with E-state index in [0.29, 0.717) is 19.5 Å². The summed E-state index contributed by atoms with van der Waals surface area (Å²) in [6.45, 7) is 3.50. The highest BCUT2D eigenvalue weighted by Gasteiger charge is 2.32. The average Bonchev–Trinajstić information content (AvgIpc) is 3.27. The van der Waals surface area contributed by atoms with Crippen LogP contribution < -0.4 is 4.72 Å². The van der Waals surface area contributed by atoms with E-state index in [1.807, 2.05) is 48.5 Å². The molecular weight excluding hydrogens is 522 g/mol. The number of hydrogen-bond acceptors (Lipinski definition) is 5. The molecule has 2 aromatic carbocycles. The summed E-state index contributed by atoms with van der Waals surface area (Å²) in [4.78, 5) is 17.6. The van der Waals surface area contributed by atoms with Gasteiger partial charge in [0.05, 0.1) is 3.79 Å². The van der Waals surface area contributed by atoms with Crippen molar-refractivity contribution in [3.05, 3.63) is 87.7 Å². The number of rotatable bonds is 8. The zero-order valence-corrected chi connectivity index (χ0v) is 21.3. The molecule has 2 heterocycles. The number of sulfonamides is 1. The van der Waals surface area contributed by atoms with Crippen LogP contribution in [0, 0.1) is 0 Å². The van der Waals surface area contributed by atoms with Crippen molar-refractivity contribution in [3.63, 3.8) is 0 Å². The molecular formula is C24H26BrN3O3S2. The number of nitrogens with one attached hydrogen (secondary N) is 1. The summed E-state index contributed by atoms with van der Waals surface area (Å²) >= 11 is 4.44. The second-order valence-electron chi connectivity index (χ2n) is 8.01. The molecule has 1 saturated heterocycles. The average molecular weight is 549 g/mol. The first-order valence-corrected chi connectivity index (χ1v) is 13.9. The van der Waals surface area contributed by atoms with Crippen molar-refractivity contribution in [1.82, 2.24) is 14.5 Å². The molecule has 1 atom stereocenters. The van der Waals surface area contributed by atoms with Gasteiger partial charge in [0.15, 0.2) is 0 Å². The zero-order valence-electron chi connectivity index (χ0n) is 18.1. The van der Waals surface area contributed by atoms with Crippen LogP contribution in [0.3, 0.4) is 0 Å². The van der Waals surface area contributed by atoms with E-state index in [4.69, 9.17) is 0 Å². The molecule has 1 fully saturated rings. The highest BCUT2D eigenvalue weighted by Crippen LogP contribution is 2.26. The van der Waals surface area contributed by atoms with Gasteiger partial charge in [0.25, 0.3) is 10.0 Å². The SMILES string of the molecule is O=C([C@@H](Cc1ccccc1)NS(=O)(=O)c1ccc(Br)s1)N1CCN(Cc2ccccc2)CC1. The van der Waals surface area contributed by atoms with Gasteiger partial charge in [-0.2, -0.15) is 4.72 Å². The second-order valence-corrected chi connectivity index (χ2v) is 12.4. The minimum absolute atomic E-state index is 0.183. The Labute approximate surface area is 207 Å². The second kappa shape index (κ2) is 10.9. The van der Waals surface area contributed by atoms with E-state index in [9.17, 15) is 13.2 Å². The normalized spacial score (nSPS) is 16.0. The van der Waals surface area contributed by atoms with E-state index in [2.05, 4.69) is 37.7 Å². The molecule has 1 aromatic heterocycles. The predicted molar refractivity (Wildman–Crippen MR) is 135 cm³/mol. The lowest BCUT2D eigenvalue weighted by molar-refractivity contribution is -0.134. The van der Waals surface area contributed by atoms with Crippen molar-refractivity contribution in [2.24, 2.45) is 0 Å². The molecule has 1 aliphatic heterocycles. The summed E-state index contributed by atoms with van der Waals surface area (Å²) in [7, 11) is -3.81. The Morgan fingerprint density at radius 1 is 0.909 bits per heavy atom. The molecule has 1 amide bonds. The molecule has 0 unspecified atom stereocenters. The summed E-state index contributed by atoms with van der Waals surface area (Å²) in [6.07, 6.45) is 0.301. The number of benzene rings is 2. The highest BCUT2D eigenvalue weighted by molar-refractivity contribution is 9.11. The topological polar surface area (TPSA) is 69.7 Å². The van der Waals surface area contributed by atoms with Gasteiger partial charge in [0.2, 0.25) is 5.91 Å². The molecule has 0 spiro atoms. The molecule has 33 heavy (non-hydrogen) atoms. The third-order valence-electron chi connectivity index (χ3n) is 5.62. The van der Waals surface area contributed by atoms with Gasteiger partial charge in [-0.3, -0.25) is 9.69 Å². The van der Waals surface area contributed by atoms with E-state index >= 15 is 0 Å². The van der Waals surface area contributed by atoms with Crippen molar-refractivity contribution in [2.45, 2.75) is 23.2 Å². The fourth-order valence-corrected chi connectivity index (χ4v) is 7.12. The number of amides is 1. The van der Waals surface area contributed by atoms with Gasteiger partial charge in [0.1, 0.15) is 10.3 Å². The van der Waals surface area contributed by atoms with Gasteiger partial charge < -0.3 is 4.90 Å². The Balaban J connectivity index is 1.45. The van der Waals surface area contributed by atoms with Crippen LogP contribution in [0.1, 0.15) is 11.1 Å². The summed E-state index contributed by atoms with van der Waals surface area (Å²) in [6, 6.07) is 22.2. The Kier molecular flexibility index (Phi) is 7.98. The number of hydrogen-bond donors (Lipinski definition) is 1. The lowest BCUT2D eigenvalue weighted by Gasteiger charge is -2.36. The van der Waals surface area contributed by atoms with Crippen LogP contribution in [0.5, 0.6) is 0 Å². The van der Waals surface area contributed by atoms with Crippen molar-refractivity contribution < 1.29 is 13.2 Å². The summed E-state index contributed by atoms with van der Waals surface area (Å²) in [5, 5.41) is 0. The van der Waals surface area contributed by atoms with Crippen molar-refractivity contribution in [3.8, 4) is 0 Å². The molecule has 0 radical (unpaired) electrons. The van der Waals surface area contributed by atoms with Crippen LogP contribution in [-0.4, -0.2) is 56.3 Å². The first-order valence-electron chi connectivity index (χ1n) is 10.8. The van der Waals surface area contributed by atoms with Gasteiger partial charge in [-0.1, -0.05) is 60.7 Å². The van der Waals surface area contributed by atoms with Gasteiger partial charge in [-0.05, 0) is 45.6 Å². The van der Waals surface area contributed by atoms with Gasteiger partial charge in [-0.15, -0.1) is 11.3 Å². The number of carbonyl (C=O) groups excluding carboxylic acids is 1. The fraction of sp³-hybridized carbons (Fsp3) is 0.292. The van der Waals surface area contributed by atoms with Crippen LogP contribution >= 0.6 is 27.3 Å². The zero-order chi connectivity index (χ0) is 23.3. The predicted octanol–water partition coefficient (Wildman–Crippen LogP) is 3.74. The Bertz CT molecular complexity index is 1160. The Morgan fingerprint density at radius 2 is 1.52 bits per heavy atom. The van der Waals surface area contributed by atoms with Crippen LogP contribution in [0.2, 0.25) is 0 Å². The van der Waals surface area contributed by atoms with Crippen molar-refractivity contribution in [2.75, 3.05) is 26.2 Å². The number of halogens is 1. The molecule has 6 nitrogen and oxygen atoms in total. The van der Waals surface area contributed by atoms with E-state index in [-0.39, 0.29) is 10.1 Å². The monoisotopic (exact) mass is 547 g/mol. The molecule has 0 aliphatic carbocycles. The van der Waals surface area contributed by atoms with E-state index in [1.54, 1.807) is 17.0 Å². The summed E-state index contributed by atoms with van der Waals surface area (Å²) in [5.74, 6) is -0.183. The molecule has 4 rings (SSSR count). The maximum atomic E-state index is 13.5. The van der Waals surface area contributed by atoms with E-state index < -0.39 is 16.1 Å². The number of nitrogens with zero attached hydrogens (tertiary/aromatic N) is 2. The molecule has 0 bridgehead atoms. The maximum absolute atomic E-state index is 13.5. The molecule has 1 N–H and O–H groups in total. The minimum Gasteiger partial charge on any atom is -0.339 e. The van der Waals surface area contributed by atoms with Crippen LogP contribution in [-0.2, 0) is 27.8 Å². The first kappa shape index (κ1) is 24.1. The number of piperazine rings is 1. The molecule has 174 valence electrons. The van der Waals surface area contributed by atoms with E-state index in [0.717, 1.165) is 40.3 Å². The molecule has 3 aromatic rings. The Hall–Kier alpha value is -2.04. The molecule has 0 saturated carbocycles. The van der Waals surface area contributed by atoms with Gasteiger partial charge in [-0.25, -0.2) is 8.42 Å². The fourth-order valence-electron chi connectivity index (χ4n) is 3.91. The van der Waals surface area contributed by atoms with Gasteiger partial charge in [0, 0.05) is 32.7 Å². The lowest BCUT2D eigenvalue weighted by Crippen LogP contribution is -2.55. The van der Waals surface area contributed by atoms with Crippen molar-refractivity contribution >= 4 is 43.2 Å². The number of carbonyl (C=O) groups is 1. The lowest BCUT2D eigenvalue weighted by atomic mass is 10.1. The quantitative estimate of drug-likeness (QED) is 0.466. The van der Waals surface area contributed by atoms with Crippen molar-refractivity contribution in [1.29, 1.82) is 0 Å². The first-order chi connectivity index (χ1) is 15.9.